The number of hydrogen-bond donors (Lipinski definition) is 1. The van der Waals surface area contributed by atoms with Crippen LogP contribution in [0.2, 0.25) is 0 Å². The summed E-state index contributed by atoms with van der Waals surface area (Å²) in [5.41, 5.74) is 0.324. The molecule has 1 heterocycles. The van der Waals surface area contributed by atoms with Crippen molar-refractivity contribution in [2.45, 2.75) is 39.7 Å². The van der Waals surface area contributed by atoms with Crippen LogP contribution in [0.3, 0.4) is 0 Å². The monoisotopic (exact) mass is 242 g/mol. The fourth-order valence-corrected chi connectivity index (χ4v) is 2.11. The van der Waals surface area contributed by atoms with E-state index < -0.39 is 0 Å². The first-order valence-electron chi connectivity index (χ1n) is 6.50. The maximum Gasteiger partial charge on any atom is 0.320 e. The Balaban J connectivity index is 2.19. The Hall–Kier alpha value is -0.610. The summed E-state index contributed by atoms with van der Waals surface area (Å²) in [6.07, 6.45) is 2.36. The van der Waals surface area contributed by atoms with E-state index in [1.807, 2.05) is 13.8 Å². The predicted molar refractivity (Wildman–Crippen MR) is 68.9 cm³/mol. The topological polar surface area (TPSA) is 41.6 Å². The van der Waals surface area contributed by atoms with Crippen molar-refractivity contribution in [3.05, 3.63) is 0 Å². The van der Waals surface area contributed by atoms with Crippen LogP contribution in [0.25, 0.3) is 0 Å². The Morgan fingerprint density at radius 1 is 1.41 bits per heavy atom. The number of piperidine rings is 1. The lowest BCUT2D eigenvalue weighted by molar-refractivity contribution is -0.146. The van der Waals surface area contributed by atoms with E-state index in [4.69, 9.17) is 4.74 Å². The van der Waals surface area contributed by atoms with E-state index >= 15 is 0 Å². The maximum atomic E-state index is 11.4. The van der Waals surface area contributed by atoms with E-state index in [-0.39, 0.29) is 12.1 Å². The standard InChI is InChI=1S/C13H26N2O2/c1-11(2)17-12(16)9-14-10-13(3)5-7-15(4)8-6-13/h11,14H,5-10H2,1-4H3. The van der Waals surface area contributed by atoms with Crippen LogP contribution in [-0.2, 0) is 9.53 Å². The lowest BCUT2D eigenvalue weighted by Gasteiger charge is -2.38. The Kier molecular flexibility index (Phi) is 5.40. The number of carbonyl (C=O) groups is 1. The maximum absolute atomic E-state index is 11.4. The number of nitrogens with zero attached hydrogens (tertiary/aromatic N) is 1. The average Bonchev–Trinajstić information content (AvgIpc) is 2.22. The van der Waals surface area contributed by atoms with Gasteiger partial charge in [0.05, 0.1) is 12.6 Å². The first-order valence-corrected chi connectivity index (χ1v) is 6.50. The highest BCUT2D eigenvalue weighted by molar-refractivity contribution is 5.71. The molecular formula is C13H26N2O2. The molecule has 0 saturated carbocycles. The van der Waals surface area contributed by atoms with E-state index in [0.29, 0.717) is 12.0 Å². The SMILES string of the molecule is CC(C)OC(=O)CNCC1(C)CCN(C)CC1. The molecular weight excluding hydrogens is 216 g/mol. The number of rotatable bonds is 5. The first-order chi connectivity index (χ1) is 7.91. The minimum atomic E-state index is -0.156. The molecule has 4 heteroatoms. The van der Waals surface area contributed by atoms with Crippen LogP contribution in [0.1, 0.15) is 33.6 Å². The van der Waals surface area contributed by atoms with Crippen molar-refractivity contribution in [3.8, 4) is 0 Å². The molecule has 0 unspecified atom stereocenters. The van der Waals surface area contributed by atoms with Crippen molar-refractivity contribution >= 4 is 5.97 Å². The van der Waals surface area contributed by atoms with Crippen molar-refractivity contribution in [2.75, 3.05) is 33.2 Å². The molecule has 17 heavy (non-hydrogen) atoms. The highest BCUT2D eigenvalue weighted by atomic mass is 16.5. The van der Waals surface area contributed by atoms with Gasteiger partial charge in [0.15, 0.2) is 0 Å². The summed E-state index contributed by atoms with van der Waals surface area (Å²) in [5, 5.41) is 3.22. The minimum absolute atomic E-state index is 0.0248. The normalized spacial score (nSPS) is 20.5. The number of hydrogen-bond acceptors (Lipinski definition) is 4. The van der Waals surface area contributed by atoms with Crippen molar-refractivity contribution in [1.29, 1.82) is 0 Å². The van der Waals surface area contributed by atoms with Crippen LogP contribution in [-0.4, -0.2) is 50.2 Å². The van der Waals surface area contributed by atoms with E-state index in [9.17, 15) is 4.79 Å². The molecule has 1 aliphatic rings. The molecule has 0 bridgehead atoms. The van der Waals surface area contributed by atoms with Gasteiger partial charge in [-0.05, 0) is 52.2 Å². The summed E-state index contributed by atoms with van der Waals surface area (Å²) in [6, 6.07) is 0. The third kappa shape index (κ3) is 5.50. The van der Waals surface area contributed by atoms with E-state index in [2.05, 4.69) is 24.2 Å². The van der Waals surface area contributed by atoms with Gasteiger partial charge in [-0.3, -0.25) is 4.79 Å². The molecule has 1 aliphatic heterocycles. The zero-order chi connectivity index (χ0) is 12.9. The summed E-state index contributed by atoms with van der Waals surface area (Å²) in [7, 11) is 2.16. The Morgan fingerprint density at radius 2 is 2.00 bits per heavy atom. The molecule has 1 fully saturated rings. The van der Waals surface area contributed by atoms with Gasteiger partial charge in [0.1, 0.15) is 0 Å². The molecule has 0 radical (unpaired) electrons. The lowest BCUT2D eigenvalue weighted by atomic mass is 9.80. The van der Waals surface area contributed by atoms with Crippen LogP contribution >= 0.6 is 0 Å². The van der Waals surface area contributed by atoms with Crippen LogP contribution in [0.4, 0.5) is 0 Å². The molecule has 0 aromatic carbocycles. The van der Waals surface area contributed by atoms with Crippen LogP contribution in [0, 0.1) is 5.41 Å². The van der Waals surface area contributed by atoms with Crippen LogP contribution in [0.15, 0.2) is 0 Å². The van der Waals surface area contributed by atoms with Crippen molar-refractivity contribution in [1.82, 2.24) is 10.2 Å². The van der Waals surface area contributed by atoms with Crippen LogP contribution < -0.4 is 5.32 Å². The smallest absolute Gasteiger partial charge is 0.320 e. The minimum Gasteiger partial charge on any atom is -0.462 e. The Labute approximate surface area is 105 Å². The molecule has 0 aromatic heterocycles. The molecule has 0 spiro atoms. The summed E-state index contributed by atoms with van der Waals surface area (Å²) in [4.78, 5) is 13.7. The van der Waals surface area contributed by atoms with Gasteiger partial charge in [0.2, 0.25) is 0 Å². The molecule has 0 aromatic rings. The number of likely N-dealkylation sites (tertiary alicyclic amines) is 1. The van der Waals surface area contributed by atoms with Crippen molar-refractivity contribution in [3.63, 3.8) is 0 Å². The second kappa shape index (κ2) is 6.36. The predicted octanol–water partition coefficient (Wildman–Crippen LogP) is 1.26. The molecule has 0 aliphatic carbocycles. The van der Waals surface area contributed by atoms with Gasteiger partial charge in [-0.2, -0.15) is 0 Å². The number of carbonyl (C=O) groups excluding carboxylic acids is 1. The van der Waals surface area contributed by atoms with Gasteiger partial charge in [0, 0.05) is 6.54 Å². The second-order valence-electron chi connectivity index (χ2n) is 5.76. The Morgan fingerprint density at radius 3 is 2.53 bits per heavy atom. The number of ether oxygens (including phenoxy) is 1. The molecule has 0 atom stereocenters. The van der Waals surface area contributed by atoms with Crippen molar-refractivity contribution < 1.29 is 9.53 Å². The zero-order valence-corrected chi connectivity index (χ0v) is 11.6. The van der Waals surface area contributed by atoms with Crippen LogP contribution in [0.5, 0.6) is 0 Å². The van der Waals surface area contributed by atoms with Gasteiger partial charge < -0.3 is 15.0 Å². The number of nitrogens with one attached hydrogen (secondary N) is 1. The summed E-state index contributed by atoms with van der Waals surface area (Å²) >= 11 is 0. The summed E-state index contributed by atoms with van der Waals surface area (Å²) < 4.78 is 5.08. The highest BCUT2D eigenvalue weighted by Gasteiger charge is 2.28. The molecule has 4 nitrogen and oxygen atoms in total. The lowest BCUT2D eigenvalue weighted by Crippen LogP contribution is -2.43. The van der Waals surface area contributed by atoms with E-state index in [0.717, 1.165) is 19.6 Å². The summed E-state index contributed by atoms with van der Waals surface area (Å²) in [6.45, 7) is 9.55. The van der Waals surface area contributed by atoms with Crippen molar-refractivity contribution in [2.24, 2.45) is 5.41 Å². The molecule has 100 valence electrons. The Bertz CT molecular complexity index is 246. The van der Waals surface area contributed by atoms with Gasteiger partial charge >= 0.3 is 5.97 Å². The van der Waals surface area contributed by atoms with E-state index in [1.165, 1.54) is 12.8 Å². The molecule has 1 N–H and O–H groups in total. The van der Waals surface area contributed by atoms with E-state index in [1.54, 1.807) is 0 Å². The third-order valence-corrected chi connectivity index (χ3v) is 3.38. The molecule has 0 amide bonds. The molecule has 1 rings (SSSR count). The highest BCUT2D eigenvalue weighted by Crippen LogP contribution is 2.29. The van der Waals surface area contributed by atoms with Gasteiger partial charge in [-0.25, -0.2) is 0 Å². The fourth-order valence-electron chi connectivity index (χ4n) is 2.11. The largest absolute Gasteiger partial charge is 0.462 e. The quantitative estimate of drug-likeness (QED) is 0.737. The third-order valence-electron chi connectivity index (χ3n) is 3.38. The average molecular weight is 242 g/mol. The van der Waals surface area contributed by atoms with Gasteiger partial charge in [0.25, 0.3) is 0 Å². The van der Waals surface area contributed by atoms with Gasteiger partial charge in [-0.1, -0.05) is 6.92 Å². The summed E-state index contributed by atoms with van der Waals surface area (Å²) in [5.74, 6) is -0.156. The molecule has 1 saturated heterocycles. The zero-order valence-electron chi connectivity index (χ0n) is 11.6. The fraction of sp³-hybridized carbons (Fsp3) is 0.923. The number of esters is 1. The van der Waals surface area contributed by atoms with Gasteiger partial charge in [-0.15, -0.1) is 0 Å². The second-order valence-corrected chi connectivity index (χ2v) is 5.76. The first kappa shape index (κ1) is 14.5.